The van der Waals surface area contributed by atoms with E-state index in [1.165, 1.54) is 16.9 Å². The monoisotopic (exact) mass is 430 g/mol. The van der Waals surface area contributed by atoms with Crippen LogP contribution in [0.15, 0.2) is 24.3 Å². The molecule has 2 N–H and O–H groups in total. The van der Waals surface area contributed by atoms with Gasteiger partial charge in [-0.15, -0.1) is 10.2 Å². The maximum absolute atomic E-state index is 12.8. The summed E-state index contributed by atoms with van der Waals surface area (Å²) in [6.07, 6.45) is 1.36. The zero-order valence-electron chi connectivity index (χ0n) is 19.1. The number of anilines is 1. The normalized spacial score (nSPS) is 13.7. The first-order valence-electron chi connectivity index (χ1n) is 10.5. The Bertz CT molecular complexity index is 853. The summed E-state index contributed by atoms with van der Waals surface area (Å²) in [5.74, 6) is -0.163. The van der Waals surface area contributed by atoms with Crippen LogP contribution in [0.3, 0.4) is 0 Å². The molecule has 2 aromatic rings. The molecular formula is C23H34N4O2S. The number of hydrogen-bond donors (Lipinski definition) is 2. The molecule has 0 radical (unpaired) electrons. The van der Waals surface area contributed by atoms with Crippen molar-refractivity contribution in [3.63, 3.8) is 0 Å². The average molecular weight is 431 g/mol. The first-order valence-corrected chi connectivity index (χ1v) is 11.3. The third-order valence-corrected chi connectivity index (χ3v) is 5.60. The zero-order valence-corrected chi connectivity index (χ0v) is 19.9. The van der Waals surface area contributed by atoms with Gasteiger partial charge in [0.15, 0.2) is 0 Å². The third kappa shape index (κ3) is 7.52. The van der Waals surface area contributed by atoms with Gasteiger partial charge in [-0.05, 0) is 30.6 Å². The number of nitrogens with one attached hydrogen (secondary N) is 2. The van der Waals surface area contributed by atoms with Crippen LogP contribution in [0.25, 0.3) is 10.6 Å². The number of hydrogen-bond acceptors (Lipinski definition) is 5. The van der Waals surface area contributed by atoms with Gasteiger partial charge in [0, 0.05) is 12.0 Å². The summed E-state index contributed by atoms with van der Waals surface area (Å²) < 4.78 is 0. The number of aromatic nitrogens is 2. The van der Waals surface area contributed by atoms with Gasteiger partial charge >= 0.3 is 0 Å². The van der Waals surface area contributed by atoms with E-state index in [-0.39, 0.29) is 29.1 Å². The van der Waals surface area contributed by atoms with Gasteiger partial charge in [-0.2, -0.15) is 0 Å². The van der Waals surface area contributed by atoms with E-state index in [1.54, 1.807) is 0 Å². The second-order valence-electron chi connectivity index (χ2n) is 9.63. The molecule has 2 rings (SSSR count). The summed E-state index contributed by atoms with van der Waals surface area (Å²) >= 11 is 1.32. The minimum absolute atomic E-state index is 0.0450. The Balaban J connectivity index is 1.99. The van der Waals surface area contributed by atoms with E-state index in [0.29, 0.717) is 11.6 Å². The van der Waals surface area contributed by atoms with E-state index in [1.807, 2.05) is 45.0 Å². The quantitative estimate of drug-likeness (QED) is 0.613. The highest BCUT2D eigenvalue weighted by Crippen LogP contribution is 2.27. The maximum atomic E-state index is 12.8. The molecule has 0 fully saturated rings. The topological polar surface area (TPSA) is 84.0 Å². The van der Waals surface area contributed by atoms with E-state index in [9.17, 15) is 9.59 Å². The summed E-state index contributed by atoms with van der Waals surface area (Å²) in [6.45, 7) is 14.4. The van der Waals surface area contributed by atoms with Crippen molar-refractivity contribution in [2.45, 2.75) is 67.3 Å². The van der Waals surface area contributed by atoms with Crippen LogP contribution in [0.4, 0.5) is 5.13 Å². The number of nitrogens with zero attached hydrogens (tertiary/aromatic N) is 2. The minimum atomic E-state index is -0.619. The van der Waals surface area contributed by atoms with Crippen LogP contribution in [-0.4, -0.2) is 28.1 Å². The van der Waals surface area contributed by atoms with Crippen LogP contribution < -0.4 is 10.6 Å². The molecule has 0 unspecified atom stereocenters. The van der Waals surface area contributed by atoms with E-state index in [2.05, 4.69) is 48.5 Å². The fraction of sp³-hybridized carbons (Fsp3) is 0.565. The summed E-state index contributed by atoms with van der Waals surface area (Å²) in [5.41, 5.74) is 2.30. The van der Waals surface area contributed by atoms with Crippen LogP contribution in [0.1, 0.15) is 59.9 Å². The predicted molar refractivity (Wildman–Crippen MR) is 123 cm³/mol. The molecule has 6 nitrogen and oxygen atoms in total. The Morgan fingerprint density at radius 2 is 1.70 bits per heavy atom. The van der Waals surface area contributed by atoms with Gasteiger partial charge < -0.3 is 5.32 Å². The molecule has 0 aliphatic rings. The standard InChI is InChI=1S/C23H34N4O2S/c1-14(2)19(24-18(28)12-16(4)13-23(5,6)7)20(29)25-22-27-26-21(30-22)17-10-8-15(3)9-11-17/h8-11,14,16,19H,12-13H2,1-7H3,(H,24,28)(H,25,27,29)/t16-,19-/m0/s1. The van der Waals surface area contributed by atoms with Crippen molar-refractivity contribution < 1.29 is 9.59 Å². The lowest BCUT2D eigenvalue weighted by atomic mass is 9.84. The molecule has 1 heterocycles. The Labute approximate surface area is 183 Å². The molecule has 2 atom stereocenters. The molecule has 0 spiro atoms. The Hall–Kier alpha value is -2.28. The first kappa shape index (κ1) is 24.0. The van der Waals surface area contributed by atoms with E-state index < -0.39 is 6.04 Å². The second kappa shape index (κ2) is 10.2. The lowest BCUT2D eigenvalue weighted by molar-refractivity contribution is -0.128. The van der Waals surface area contributed by atoms with Crippen LogP contribution >= 0.6 is 11.3 Å². The lowest BCUT2D eigenvalue weighted by Gasteiger charge is -2.25. The predicted octanol–water partition coefficient (Wildman–Crippen LogP) is 5.06. The molecule has 7 heteroatoms. The lowest BCUT2D eigenvalue weighted by Crippen LogP contribution is -2.47. The van der Waals surface area contributed by atoms with Crippen molar-refractivity contribution in [3.8, 4) is 10.6 Å². The number of amides is 2. The third-order valence-electron chi connectivity index (χ3n) is 4.71. The van der Waals surface area contributed by atoms with Crippen LogP contribution in [0.2, 0.25) is 0 Å². The van der Waals surface area contributed by atoms with Crippen LogP contribution in [-0.2, 0) is 9.59 Å². The van der Waals surface area contributed by atoms with Crippen molar-refractivity contribution >= 4 is 28.3 Å². The van der Waals surface area contributed by atoms with Gasteiger partial charge in [0.1, 0.15) is 11.0 Å². The molecule has 1 aromatic carbocycles. The summed E-state index contributed by atoms with van der Waals surface area (Å²) in [6, 6.07) is 7.38. The number of carbonyl (C=O) groups is 2. The molecule has 0 aliphatic carbocycles. The molecule has 0 saturated carbocycles. The fourth-order valence-electron chi connectivity index (χ4n) is 3.47. The van der Waals surface area contributed by atoms with Crippen LogP contribution in [0, 0.1) is 24.2 Å². The van der Waals surface area contributed by atoms with Gasteiger partial charge in [-0.1, -0.05) is 82.7 Å². The van der Waals surface area contributed by atoms with Gasteiger partial charge in [0.2, 0.25) is 16.9 Å². The maximum Gasteiger partial charge on any atom is 0.249 e. The number of aryl methyl sites for hydroxylation is 1. The number of benzene rings is 1. The highest BCUT2D eigenvalue weighted by molar-refractivity contribution is 7.18. The average Bonchev–Trinajstić information content (AvgIpc) is 3.06. The van der Waals surface area contributed by atoms with Crippen molar-refractivity contribution in [2.75, 3.05) is 5.32 Å². The highest BCUT2D eigenvalue weighted by atomic mass is 32.1. The SMILES string of the molecule is Cc1ccc(-c2nnc(NC(=O)[C@@H](NC(=O)C[C@H](C)CC(C)(C)C)C(C)C)s2)cc1. The zero-order chi connectivity index (χ0) is 22.5. The van der Waals surface area contributed by atoms with E-state index in [0.717, 1.165) is 17.0 Å². The van der Waals surface area contributed by atoms with E-state index >= 15 is 0 Å². The van der Waals surface area contributed by atoms with E-state index in [4.69, 9.17) is 0 Å². The Morgan fingerprint density at radius 1 is 1.07 bits per heavy atom. The summed E-state index contributed by atoms with van der Waals surface area (Å²) in [7, 11) is 0. The molecule has 0 aliphatic heterocycles. The first-order chi connectivity index (χ1) is 13.9. The van der Waals surface area contributed by atoms with Crippen molar-refractivity contribution in [2.24, 2.45) is 17.3 Å². The van der Waals surface area contributed by atoms with Crippen molar-refractivity contribution in [1.82, 2.24) is 15.5 Å². The molecular weight excluding hydrogens is 396 g/mol. The smallest absolute Gasteiger partial charge is 0.249 e. The molecule has 30 heavy (non-hydrogen) atoms. The minimum Gasteiger partial charge on any atom is -0.344 e. The largest absolute Gasteiger partial charge is 0.344 e. The molecule has 1 aromatic heterocycles. The Kier molecular flexibility index (Phi) is 8.12. The van der Waals surface area contributed by atoms with Gasteiger partial charge in [-0.25, -0.2) is 0 Å². The summed E-state index contributed by atoms with van der Waals surface area (Å²) in [5, 5.41) is 15.1. The van der Waals surface area contributed by atoms with Crippen LogP contribution in [0.5, 0.6) is 0 Å². The fourth-order valence-corrected chi connectivity index (χ4v) is 4.22. The van der Waals surface area contributed by atoms with Gasteiger partial charge in [0.25, 0.3) is 0 Å². The number of rotatable bonds is 8. The molecule has 0 bridgehead atoms. The van der Waals surface area contributed by atoms with Crippen molar-refractivity contribution in [3.05, 3.63) is 29.8 Å². The second-order valence-corrected chi connectivity index (χ2v) is 10.6. The molecule has 0 saturated heterocycles. The molecule has 2 amide bonds. The van der Waals surface area contributed by atoms with Crippen molar-refractivity contribution in [1.29, 1.82) is 0 Å². The van der Waals surface area contributed by atoms with Gasteiger partial charge in [-0.3, -0.25) is 14.9 Å². The summed E-state index contributed by atoms with van der Waals surface area (Å²) in [4.78, 5) is 25.3. The Morgan fingerprint density at radius 3 is 2.27 bits per heavy atom. The number of carbonyl (C=O) groups excluding carboxylic acids is 2. The highest BCUT2D eigenvalue weighted by Gasteiger charge is 2.26. The van der Waals surface area contributed by atoms with Gasteiger partial charge in [0.05, 0.1) is 0 Å². The molecule has 164 valence electrons.